The van der Waals surface area contributed by atoms with Crippen molar-refractivity contribution in [3.05, 3.63) is 34.0 Å². The summed E-state index contributed by atoms with van der Waals surface area (Å²) in [6.07, 6.45) is 9.35. The van der Waals surface area contributed by atoms with Gasteiger partial charge in [0.2, 0.25) is 0 Å². The standard InChI is InChI=1S/C13H13N3O2S/c17-13(18)11-8-19-12(14-11)5-4-9-6-7-16(15-9)10-2-1-3-10/h4-8,10H,1-3H2,(H,17,18)/b5-4+. The van der Waals surface area contributed by atoms with Gasteiger partial charge in [-0.1, -0.05) is 0 Å². The molecule has 1 aliphatic rings. The Labute approximate surface area is 114 Å². The maximum Gasteiger partial charge on any atom is 0.355 e. The van der Waals surface area contributed by atoms with Crippen molar-refractivity contribution >= 4 is 29.5 Å². The van der Waals surface area contributed by atoms with Crippen molar-refractivity contribution in [1.82, 2.24) is 14.8 Å². The molecule has 0 bridgehead atoms. The van der Waals surface area contributed by atoms with E-state index < -0.39 is 5.97 Å². The zero-order chi connectivity index (χ0) is 13.2. The van der Waals surface area contributed by atoms with Crippen LogP contribution in [-0.2, 0) is 0 Å². The number of carboxylic acids is 1. The molecule has 6 heteroatoms. The summed E-state index contributed by atoms with van der Waals surface area (Å²) < 4.78 is 2.01. The zero-order valence-electron chi connectivity index (χ0n) is 10.2. The zero-order valence-corrected chi connectivity index (χ0v) is 11.0. The second-order valence-electron chi connectivity index (χ2n) is 4.51. The topological polar surface area (TPSA) is 68.0 Å². The lowest BCUT2D eigenvalue weighted by Crippen LogP contribution is -2.17. The molecule has 0 amide bonds. The minimum absolute atomic E-state index is 0.0876. The van der Waals surface area contributed by atoms with Gasteiger partial charge in [-0.3, -0.25) is 4.68 Å². The molecule has 1 N–H and O–H groups in total. The number of aromatic nitrogens is 3. The van der Waals surface area contributed by atoms with Crippen LogP contribution in [0.4, 0.5) is 0 Å². The van der Waals surface area contributed by atoms with Crippen molar-refractivity contribution in [2.75, 3.05) is 0 Å². The van der Waals surface area contributed by atoms with Crippen molar-refractivity contribution in [1.29, 1.82) is 0 Å². The number of carboxylic acid groups (broad SMARTS) is 1. The van der Waals surface area contributed by atoms with Gasteiger partial charge >= 0.3 is 5.97 Å². The lowest BCUT2D eigenvalue weighted by atomic mass is 9.93. The molecular formula is C13H13N3O2S. The average molecular weight is 275 g/mol. The first-order valence-corrected chi connectivity index (χ1v) is 7.02. The highest BCUT2D eigenvalue weighted by molar-refractivity contribution is 7.10. The van der Waals surface area contributed by atoms with Crippen molar-refractivity contribution in [2.45, 2.75) is 25.3 Å². The summed E-state index contributed by atoms with van der Waals surface area (Å²) in [4.78, 5) is 14.7. The van der Waals surface area contributed by atoms with Crippen LogP contribution >= 0.6 is 11.3 Å². The van der Waals surface area contributed by atoms with Gasteiger partial charge in [-0.2, -0.15) is 5.10 Å². The molecule has 0 aliphatic heterocycles. The molecule has 2 heterocycles. The molecule has 0 unspecified atom stereocenters. The first-order valence-electron chi connectivity index (χ1n) is 6.14. The lowest BCUT2D eigenvalue weighted by Gasteiger charge is -2.25. The Morgan fingerprint density at radius 2 is 2.32 bits per heavy atom. The van der Waals surface area contributed by atoms with Crippen LogP contribution in [0.15, 0.2) is 17.6 Å². The number of aromatic carboxylic acids is 1. The Balaban J connectivity index is 1.70. The molecule has 0 saturated heterocycles. The summed E-state index contributed by atoms with van der Waals surface area (Å²) in [7, 11) is 0. The third kappa shape index (κ3) is 2.58. The fraction of sp³-hybridized carbons (Fsp3) is 0.308. The minimum atomic E-state index is -0.995. The van der Waals surface area contributed by atoms with Gasteiger partial charge in [0.1, 0.15) is 5.01 Å². The summed E-state index contributed by atoms with van der Waals surface area (Å²) in [5.41, 5.74) is 0.962. The fourth-order valence-corrected chi connectivity index (χ4v) is 2.60. The smallest absolute Gasteiger partial charge is 0.355 e. The van der Waals surface area contributed by atoms with Gasteiger partial charge in [-0.15, -0.1) is 11.3 Å². The van der Waals surface area contributed by atoms with E-state index in [9.17, 15) is 4.79 Å². The third-order valence-electron chi connectivity index (χ3n) is 3.22. The molecule has 1 fully saturated rings. The van der Waals surface area contributed by atoms with Crippen LogP contribution in [0.2, 0.25) is 0 Å². The monoisotopic (exact) mass is 275 g/mol. The number of nitrogens with zero attached hydrogens (tertiary/aromatic N) is 3. The van der Waals surface area contributed by atoms with Crippen LogP contribution < -0.4 is 0 Å². The number of hydrogen-bond acceptors (Lipinski definition) is 4. The van der Waals surface area contributed by atoms with Gasteiger partial charge in [0.15, 0.2) is 5.69 Å². The number of hydrogen-bond donors (Lipinski definition) is 1. The van der Waals surface area contributed by atoms with Crippen LogP contribution in [0.5, 0.6) is 0 Å². The van der Waals surface area contributed by atoms with Gasteiger partial charge in [-0.25, -0.2) is 9.78 Å². The molecule has 2 aromatic rings. The molecule has 3 rings (SSSR count). The first-order chi connectivity index (χ1) is 9.22. The van der Waals surface area contributed by atoms with Gasteiger partial charge in [0.05, 0.1) is 11.7 Å². The molecule has 5 nitrogen and oxygen atoms in total. The largest absolute Gasteiger partial charge is 0.476 e. The quantitative estimate of drug-likeness (QED) is 0.931. The normalized spacial score (nSPS) is 15.8. The van der Waals surface area contributed by atoms with Crippen molar-refractivity contribution in [3.8, 4) is 0 Å². The van der Waals surface area contributed by atoms with E-state index >= 15 is 0 Å². The highest BCUT2D eigenvalue weighted by Crippen LogP contribution is 2.30. The van der Waals surface area contributed by atoms with E-state index in [2.05, 4.69) is 10.1 Å². The van der Waals surface area contributed by atoms with Gasteiger partial charge < -0.3 is 5.11 Å². The Hall–Kier alpha value is -1.95. The summed E-state index contributed by atoms with van der Waals surface area (Å²) >= 11 is 1.31. The Kier molecular flexibility index (Phi) is 3.16. The molecule has 2 aromatic heterocycles. The maximum atomic E-state index is 10.7. The average Bonchev–Trinajstić information content (AvgIpc) is 2.92. The second kappa shape index (κ2) is 4.97. The molecule has 1 saturated carbocycles. The van der Waals surface area contributed by atoms with Gasteiger partial charge in [0, 0.05) is 11.6 Å². The highest BCUT2D eigenvalue weighted by atomic mass is 32.1. The molecule has 1 aliphatic carbocycles. The van der Waals surface area contributed by atoms with Gasteiger partial charge in [0.25, 0.3) is 0 Å². The summed E-state index contributed by atoms with van der Waals surface area (Å²) in [6, 6.07) is 2.51. The van der Waals surface area contributed by atoms with E-state index in [4.69, 9.17) is 5.11 Å². The van der Waals surface area contributed by atoms with Crippen LogP contribution in [0.3, 0.4) is 0 Å². The Morgan fingerprint density at radius 3 is 2.95 bits per heavy atom. The summed E-state index contributed by atoms with van der Waals surface area (Å²) in [6.45, 7) is 0. The summed E-state index contributed by atoms with van der Waals surface area (Å²) in [5, 5.41) is 15.5. The predicted molar refractivity (Wildman–Crippen MR) is 73.1 cm³/mol. The van der Waals surface area contributed by atoms with Crippen LogP contribution in [0.25, 0.3) is 12.2 Å². The number of thiazole rings is 1. The van der Waals surface area contributed by atoms with E-state index in [-0.39, 0.29) is 5.69 Å². The highest BCUT2D eigenvalue weighted by Gasteiger charge is 2.19. The minimum Gasteiger partial charge on any atom is -0.476 e. The summed E-state index contributed by atoms with van der Waals surface area (Å²) in [5.74, 6) is -0.995. The molecule has 0 atom stereocenters. The molecule has 98 valence electrons. The predicted octanol–water partition coefficient (Wildman–Crippen LogP) is 2.93. The van der Waals surface area contributed by atoms with E-state index in [1.54, 1.807) is 6.08 Å². The lowest BCUT2D eigenvalue weighted by molar-refractivity contribution is 0.0691. The first kappa shape index (κ1) is 12.1. The van der Waals surface area contributed by atoms with Crippen LogP contribution in [-0.4, -0.2) is 25.8 Å². The Bertz CT molecular complexity index is 625. The van der Waals surface area contributed by atoms with Crippen molar-refractivity contribution in [3.63, 3.8) is 0 Å². The Morgan fingerprint density at radius 1 is 1.47 bits per heavy atom. The number of carbonyl (C=O) groups is 1. The number of rotatable bonds is 4. The van der Waals surface area contributed by atoms with E-state index in [0.29, 0.717) is 11.0 Å². The van der Waals surface area contributed by atoms with E-state index in [0.717, 1.165) is 5.69 Å². The molecular weight excluding hydrogens is 262 g/mol. The van der Waals surface area contributed by atoms with Gasteiger partial charge in [-0.05, 0) is 37.5 Å². The molecule has 19 heavy (non-hydrogen) atoms. The second-order valence-corrected chi connectivity index (χ2v) is 5.40. The van der Waals surface area contributed by atoms with E-state index in [1.807, 2.05) is 23.0 Å². The third-order valence-corrected chi connectivity index (χ3v) is 4.03. The molecule has 0 radical (unpaired) electrons. The van der Waals surface area contributed by atoms with Crippen LogP contribution in [0, 0.1) is 0 Å². The maximum absolute atomic E-state index is 10.7. The molecule has 0 aromatic carbocycles. The van der Waals surface area contributed by atoms with Crippen LogP contribution in [0.1, 0.15) is 46.5 Å². The fourth-order valence-electron chi connectivity index (χ4n) is 1.92. The van der Waals surface area contributed by atoms with Crippen molar-refractivity contribution in [2.24, 2.45) is 0 Å². The SMILES string of the molecule is O=C(O)c1csc(/C=C/c2ccn(C3CCC3)n2)n1. The molecule has 0 spiro atoms. The van der Waals surface area contributed by atoms with E-state index in [1.165, 1.54) is 36.0 Å². The van der Waals surface area contributed by atoms with Crippen molar-refractivity contribution < 1.29 is 9.90 Å².